The minimum Gasteiger partial charge on any atom is -0.456 e. The maximum absolute atomic E-state index is 6.47. The second-order valence-electron chi connectivity index (χ2n) is 15.3. The first-order valence-electron chi connectivity index (χ1n) is 20.2. The summed E-state index contributed by atoms with van der Waals surface area (Å²) in [6.07, 6.45) is 0. The van der Waals surface area contributed by atoms with Crippen molar-refractivity contribution in [3.05, 3.63) is 218 Å². The van der Waals surface area contributed by atoms with E-state index < -0.39 is 0 Å². The third-order valence-corrected chi connectivity index (χ3v) is 11.9. The predicted molar refractivity (Wildman–Crippen MR) is 247 cm³/mol. The lowest BCUT2D eigenvalue weighted by atomic mass is 9.92. The number of hydrogen-bond acceptors (Lipinski definition) is 2. The molecule has 12 rings (SSSR count). The van der Waals surface area contributed by atoms with Gasteiger partial charge in [-0.1, -0.05) is 140 Å². The Kier molecular flexibility index (Phi) is 7.54. The molecule has 0 atom stereocenters. The molecule has 0 amide bonds. The normalized spacial score (nSPS) is 11.9. The van der Waals surface area contributed by atoms with Gasteiger partial charge in [0.25, 0.3) is 0 Å². The monoisotopic (exact) mass is 752 g/mol. The number of fused-ring (bicyclic) bond motifs is 7. The van der Waals surface area contributed by atoms with Crippen LogP contribution in [-0.4, -0.2) is 4.57 Å². The van der Waals surface area contributed by atoms with Crippen molar-refractivity contribution < 1.29 is 4.74 Å². The molecule has 11 aromatic rings. The molecule has 2 heterocycles. The second kappa shape index (κ2) is 13.4. The summed E-state index contributed by atoms with van der Waals surface area (Å²) in [4.78, 5) is 2.40. The largest absolute Gasteiger partial charge is 0.456 e. The molecular formula is C56H36N2O. The van der Waals surface area contributed by atoms with E-state index in [0.29, 0.717) is 0 Å². The molecule has 3 nitrogen and oxygen atoms in total. The Bertz CT molecular complexity index is 3400. The van der Waals surface area contributed by atoms with Crippen LogP contribution in [0.4, 0.5) is 17.1 Å². The van der Waals surface area contributed by atoms with Gasteiger partial charge in [0.15, 0.2) is 0 Å². The number of rotatable bonds is 6. The minimum atomic E-state index is 0.881. The van der Waals surface area contributed by atoms with E-state index in [1.54, 1.807) is 0 Å². The lowest BCUT2D eigenvalue weighted by Gasteiger charge is -2.27. The van der Waals surface area contributed by atoms with Gasteiger partial charge in [0.1, 0.15) is 11.5 Å². The zero-order valence-electron chi connectivity index (χ0n) is 32.1. The first-order valence-corrected chi connectivity index (χ1v) is 20.2. The van der Waals surface area contributed by atoms with Gasteiger partial charge in [0.05, 0.1) is 11.0 Å². The van der Waals surface area contributed by atoms with Gasteiger partial charge in [0, 0.05) is 44.5 Å². The summed E-state index contributed by atoms with van der Waals surface area (Å²) in [7, 11) is 0. The number of benzene rings is 10. The highest BCUT2D eigenvalue weighted by atomic mass is 16.5. The third kappa shape index (κ3) is 5.44. The van der Waals surface area contributed by atoms with Gasteiger partial charge in [0.2, 0.25) is 0 Å². The molecule has 1 aliphatic rings. The van der Waals surface area contributed by atoms with Crippen LogP contribution >= 0.6 is 0 Å². The van der Waals surface area contributed by atoms with E-state index in [-0.39, 0.29) is 0 Å². The van der Waals surface area contributed by atoms with Crippen LogP contribution in [0.2, 0.25) is 0 Å². The molecule has 0 bridgehead atoms. The molecular weight excluding hydrogens is 717 g/mol. The van der Waals surface area contributed by atoms with E-state index in [4.69, 9.17) is 4.74 Å². The quantitative estimate of drug-likeness (QED) is 0.168. The van der Waals surface area contributed by atoms with Gasteiger partial charge in [-0.15, -0.1) is 0 Å². The van der Waals surface area contributed by atoms with E-state index in [1.165, 1.54) is 54.7 Å². The molecule has 0 N–H and O–H groups in total. The van der Waals surface area contributed by atoms with Crippen LogP contribution in [0.25, 0.3) is 82.4 Å². The van der Waals surface area contributed by atoms with Crippen molar-refractivity contribution in [1.82, 2.24) is 4.57 Å². The van der Waals surface area contributed by atoms with Crippen molar-refractivity contribution in [2.75, 3.05) is 4.90 Å². The van der Waals surface area contributed by atoms with Crippen LogP contribution in [0.1, 0.15) is 0 Å². The molecule has 0 saturated heterocycles. The van der Waals surface area contributed by atoms with E-state index in [9.17, 15) is 0 Å². The highest BCUT2D eigenvalue weighted by Gasteiger charge is 2.22. The summed E-state index contributed by atoms with van der Waals surface area (Å²) in [5.74, 6) is 1.79. The molecule has 1 aromatic heterocycles. The van der Waals surface area contributed by atoms with E-state index in [2.05, 4.69) is 228 Å². The van der Waals surface area contributed by atoms with Gasteiger partial charge >= 0.3 is 0 Å². The first-order chi connectivity index (χ1) is 29.2. The Hall–Kier alpha value is -7.88. The highest BCUT2D eigenvalue weighted by molar-refractivity contribution is 6.22. The number of ether oxygens (including phenoxy) is 1. The lowest BCUT2D eigenvalue weighted by Crippen LogP contribution is -2.10. The molecule has 3 heteroatoms. The predicted octanol–water partition coefficient (Wildman–Crippen LogP) is 15.7. The van der Waals surface area contributed by atoms with Crippen molar-refractivity contribution in [3.63, 3.8) is 0 Å². The molecule has 0 saturated carbocycles. The highest BCUT2D eigenvalue weighted by Crippen LogP contribution is 2.48. The molecule has 0 fully saturated rings. The van der Waals surface area contributed by atoms with Gasteiger partial charge in [-0.3, -0.25) is 0 Å². The summed E-state index contributed by atoms with van der Waals surface area (Å²) in [5, 5.41) is 7.29. The van der Waals surface area contributed by atoms with Gasteiger partial charge in [-0.05, 0) is 123 Å². The number of hydrogen-bond donors (Lipinski definition) is 0. The summed E-state index contributed by atoms with van der Waals surface area (Å²) in [6.45, 7) is 0. The van der Waals surface area contributed by atoms with Gasteiger partial charge < -0.3 is 14.2 Å². The van der Waals surface area contributed by atoms with Crippen LogP contribution in [0, 0.1) is 0 Å². The average molecular weight is 753 g/mol. The summed E-state index contributed by atoms with van der Waals surface area (Å²) < 4.78 is 8.87. The Morgan fingerprint density at radius 3 is 1.85 bits per heavy atom. The van der Waals surface area contributed by atoms with E-state index in [0.717, 1.165) is 56.3 Å². The Labute approximate surface area is 342 Å². The molecule has 0 unspecified atom stereocenters. The Balaban J connectivity index is 1.05. The molecule has 1 aliphatic heterocycles. The van der Waals surface area contributed by atoms with Crippen LogP contribution in [0.15, 0.2) is 218 Å². The molecule has 59 heavy (non-hydrogen) atoms. The standard InChI is InChI=1S/C56H36N2O/c1-3-12-37(13-4-1)38-24-28-44(29-25-38)57(45-20-9-17-41(34-45)42-27-33-53-49(35-42)48-22-10-15-40-16-11-23-54(59-53)55(40)48)46-30-32-51-50(36-46)56-47-21-8-7-14-39(47)26-31-52(56)58(51)43-18-5-2-6-19-43/h1-36H. The number of anilines is 3. The molecule has 0 aliphatic carbocycles. The summed E-state index contributed by atoms with van der Waals surface area (Å²) in [6, 6.07) is 78.8. The van der Waals surface area contributed by atoms with Crippen LogP contribution in [0.5, 0.6) is 11.5 Å². The summed E-state index contributed by atoms with van der Waals surface area (Å²) >= 11 is 0. The zero-order chi connectivity index (χ0) is 38.9. The van der Waals surface area contributed by atoms with Crippen molar-refractivity contribution in [1.29, 1.82) is 0 Å². The smallest absolute Gasteiger partial charge is 0.135 e. The average Bonchev–Trinajstić information content (AvgIpc) is 3.64. The summed E-state index contributed by atoms with van der Waals surface area (Å²) in [5.41, 5.74) is 13.7. The zero-order valence-corrected chi connectivity index (χ0v) is 32.1. The first kappa shape index (κ1) is 33.3. The third-order valence-electron chi connectivity index (χ3n) is 11.9. The van der Waals surface area contributed by atoms with E-state index in [1.807, 2.05) is 0 Å². The SMILES string of the molecule is c1ccc(-c2ccc(N(c3cccc(-c4ccc5c(c4)-c4cccc6cccc(c46)O5)c3)c3ccc4c(c3)c3c5ccccc5ccc3n4-c3ccccc3)cc2)cc1. The van der Waals surface area contributed by atoms with Gasteiger partial charge in [-0.2, -0.15) is 0 Å². The number of para-hydroxylation sites is 1. The topological polar surface area (TPSA) is 17.4 Å². The Morgan fingerprint density at radius 2 is 0.983 bits per heavy atom. The molecule has 276 valence electrons. The number of aromatic nitrogens is 1. The molecule has 0 radical (unpaired) electrons. The van der Waals surface area contributed by atoms with Crippen molar-refractivity contribution in [2.24, 2.45) is 0 Å². The fraction of sp³-hybridized carbons (Fsp3) is 0. The van der Waals surface area contributed by atoms with Gasteiger partial charge in [-0.25, -0.2) is 0 Å². The van der Waals surface area contributed by atoms with Crippen LogP contribution < -0.4 is 9.64 Å². The molecule has 10 aromatic carbocycles. The molecule has 0 spiro atoms. The Morgan fingerprint density at radius 1 is 0.339 bits per heavy atom. The lowest BCUT2D eigenvalue weighted by molar-refractivity contribution is 0.487. The van der Waals surface area contributed by atoms with Crippen molar-refractivity contribution >= 4 is 60.4 Å². The number of nitrogens with zero attached hydrogens (tertiary/aromatic N) is 2. The van der Waals surface area contributed by atoms with E-state index >= 15 is 0 Å². The maximum atomic E-state index is 6.47. The van der Waals surface area contributed by atoms with Crippen LogP contribution in [0.3, 0.4) is 0 Å². The van der Waals surface area contributed by atoms with Crippen LogP contribution in [-0.2, 0) is 0 Å². The minimum absolute atomic E-state index is 0.881. The van der Waals surface area contributed by atoms with Crippen molar-refractivity contribution in [3.8, 4) is 50.6 Å². The van der Waals surface area contributed by atoms with Crippen molar-refractivity contribution in [2.45, 2.75) is 0 Å². The maximum Gasteiger partial charge on any atom is 0.135 e. The fourth-order valence-corrected chi connectivity index (χ4v) is 9.22. The fourth-order valence-electron chi connectivity index (χ4n) is 9.22. The second-order valence-corrected chi connectivity index (χ2v) is 15.3.